The van der Waals surface area contributed by atoms with Gasteiger partial charge in [0, 0.05) is 18.6 Å². The topological polar surface area (TPSA) is 32.3 Å². The molecule has 20 heavy (non-hydrogen) atoms. The standard InChI is InChI=1S/C17H26N2O/c1-13(2)18-11-17(20)19(14(3)16-9-10-16)12-15-7-5-4-6-8-15/h4-8,13-14,16,18H,9-12H2,1-3H3. The highest BCUT2D eigenvalue weighted by Crippen LogP contribution is 2.35. The van der Waals surface area contributed by atoms with Crippen molar-refractivity contribution < 1.29 is 4.79 Å². The monoisotopic (exact) mass is 274 g/mol. The summed E-state index contributed by atoms with van der Waals surface area (Å²) in [4.78, 5) is 14.5. The highest BCUT2D eigenvalue weighted by atomic mass is 16.2. The number of amides is 1. The Bertz CT molecular complexity index is 426. The van der Waals surface area contributed by atoms with Gasteiger partial charge in [-0.15, -0.1) is 0 Å². The fraction of sp³-hybridized carbons (Fsp3) is 0.588. The van der Waals surface area contributed by atoms with Crippen molar-refractivity contribution >= 4 is 5.91 Å². The SMILES string of the molecule is CC(C)NCC(=O)N(Cc1ccccc1)C(C)C1CC1. The van der Waals surface area contributed by atoms with Gasteiger partial charge in [-0.1, -0.05) is 44.2 Å². The van der Waals surface area contributed by atoms with E-state index in [1.54, 1.807) is 0 Å². The van der Waals surface area contributed by atoms with E-state index in [9.17, 15) is 4.79 Å². The largest absolute Gasteiger partial charge is 0.334 e. The van der Waals surface area contributed by atoms with Crippen molar-refractivity contribution in [1.29, 1.82) is 0 Å². The summed E-state index contributed by atoms with van der Waals surface area (Å²) in [5.41, 5.74) is 1.21. The molecular formula is C17H26N2O. The molecule has 1 atom stereocenters. The van der Waals surface area contributed by atoms with Crippen molar-refractivity contribution in [2.75, 3.05) is 6.54 Å². The van der Waals surface area contributed by atoms with Gasteiger partial charge < -0.3 is 10.2 Å². The van der Waals surface area contributed by atoms with Crippen LogP contribution in [0.3, 0.4) is 0 Å². The van der Waals surface area contributed by atoms with Crippen LogP contribution in [0, 0.1) is 5.92 Å². The molecule has 1 aromatic carbocycles. The molecule has 0 spiro atoms. The van der Waals surface area contributed by atoms with Gasteiger partial charge in [-0.2, -0.15) is 0 Å². The third-order valence-electron chi connectivity index (χ3n) is 3.97. The summed E-state index contributed by atoms with van der Waals surface area (Å²) < 4.78 is 0. The van der Waals surface area contributed by atoms with Crippen LogP contribution in [0.25, 0.3) is 0 Å². The number of hydrogen-bond donors (Lipinski definition) is 1. The van der Waals surface area contributed by atoms with Gasteiger partial charge in [0.25, 0.3) is 0 Å². The number of hydrogen-bond acceptors (Lipinski definition) is 2. The van der Waals surface area contributed by atoms with Gasteiger partial charge in [-0.05, 0) is 31.2 Å². The molecule has 1 saturated carbocycles. The van der Waals surface area contributed by atoms with Crippen LogP contribution >= 0.6 is 0 Å². The first-order valence-electron chi connectivity index (χ1n) is 7.64. The van der Waals surface area contributed by atoms with E-state index in [1.165, 1.54) is 18.4 Å². The normalized spacial score (nSPS) is 16.2. The summed E-state index contributed by atoms with van der Waals surface area (Å²) in [5, 5.41) is 3.23. The number of nitrogens with zero attached hydrogens (tertiary/aromatic N) is 1. The van der Waals surface area contributed by atoms with Gasteiger partial charge in [0.15, 0.2) is 0 Å². The minimum absolute atomic E-state index is 0.210. The molecule has 3 nitrogen and oxygen atoms in total. The predicted molar refractivity (Wildman–Crippen MR) is 82.3 cm³/mol. The average Bonchev–Trinajstić information content (AvgIpc) is 3.27. The quantitative estimate of drug-likeness (QED) is 0.829. The van der Waals surface area contributed by atoms with Gasteiger partial charge in [-0.25, -0.2) is 0 Å². The number of carbonyl (C=O) groups is 1. The molecule has 0 aliphatic heterocycles. The second-order valence-corrected chi connectivity index (χ2v) is 6.12. The van der Waals surface area contributed by atoms with E-state index in [1.807, 2.05) is 23.1 Å². The second kappa shape index (κ2) is 6.89. The maximum absolute atomic E-state index is 12.5. The molecule has 1 aromatic rings. The van der Waals surface area contributed by atoms with E-state index < -0.39 is 0 Å². The van der Waals surface area contributed by atoms with Gasteiger partial charge in [0.05, 0.1) is 6.54 Å². The maximum Gasteiger partial charge on any atom is 0.237 e. The third-order valence-corrected chi connectivity index (χ3v) is 3.97. The summed E-state index contributed by atoms with van der Waals surface area (Å²) in [6.07, 6.45) is 2.52. The molecule has 1 fully saturated rings. The molecule has 1 aliphatic rings. The average molecular weight is 274 g/mol. The number of rotatable bonds is 7. The summed E-state index contributed by atoms with van der Waals surface area (Å²) in [7, 11) is 0. The van der Waals surface area contributed by atoms with Gasteiger partial charge in [0.2, 0.25) is 5.91 Å². The first kappa shape index (κ1) is 15.0. The lowest BCUT2D eigenvalue weighted by Gasteiger charge is -2.30. The fourth-order valence-corrected chi connectivity index (χ4v) is 2.47. The summed E-state index contributed by atoms with van der Waals surface area (Å²) in [6.45, 7) is 7.48. The number of nitrogens with one attached hydrogen (secondary N) is 1. The predicted octanol–water partition coefficient (Wildman–Crippen LogP) is 2.81. The van der Waals surface area contributed by atoms with Crippen LogP contribution < -0.4 is 5.32 Å². The van der Waals surface area contributed by atoms with E-state index in [2.05, 4.69) is 38.2 Å². The molecule has 1 N–H and O–H groups in total. The van der Waals surface area contributed by atoms with Crippen LogP contribution in [0.5, 0.6) is 0 Å². The lowest BCUT2D eigenvalue weighted by molar-refractivity contribution is -0.133. The minimum atomic E-state index is 0.210. The zero-order valence-electron chi connectivity index (χ0n) is 12.8. The molecule has 1 amide bonds. The lowest BCUT2D eigenvalue weighted by atomic mass is 10.1. The van der Waals surface area contributed by atoms with Gasteiger partial charge >= 0.3 is 0 Å². The van der Waals surface area contributed by atoms with E-state index >= 15 is 0 Å². The summed E-state index contributed by atoms with van der Waals surface area (Å²) in [5.74, 6) is 0.906. The Hall–Kier alpha value is -1.35. The molecule has 0 aromatic heterocycles. The molecule has 0 radical (unpaired) electrons. The zero-order chi connectivity index (χ0) is 14.5. The van der Waals surface area contributed by atoms with Crippen molar-refractivity contribution in [1.82, 2.24) is 10.2 Å². The molecule has 0 bridgehead atoms. The minimum Gasteiger partial charge on any atom is -0.334 e. The second-order valence-electron chi connectivity index (χ2n) is 6.12. The van der Waals surface area contributed by atoms with Crippen molar-refractivity contribution in [3.05, 3.63) is 35.9 Å². The lowest BCUT2D eigenvalue weighted by Crippen LogP contribution is -2.45. The van der Waals surface area contributed by atoms with Crippen LogP contribution in [0.15, 0.2) is 30.3 Å². The highest BCUT2D eigenvalue weighted by molar-refractivity contribution is 5.78. The first-order valence-corrected chi connectivity index (χ1v) is 7.64. The Morgan fingerprint density at radius 3 is 2.45 bits per heavy atom. The van der Waals surface area contributed by atoms with E-state index in [0.717, 1.165) is 6.54 Å². The third kappa shape index (κ3) is 4.34. The Morgan fingerprint density at radius 2 is 1.90 bits per heavy atom. The van der Waals surface area contributed by atoms with Crippen molar-refractivity contribution in [3.8, 4) is 0 Å². The van der Waals surface area contributed by atoms with Gasteiger partial charge in [-0.3, -0.25) is 4.79 Å². The Morgan fingerprint density at radius 1 is 1.25 bits per heavy atom. The molecule has 110 valence electrons. The van der Waals surface area contributed by atoms with Crippen LogP contribution in [-0.2, 0) is 11.3 Å². The summed E-state index contributed by atoms with van der Waals surface area (Å²) >= 11 is 0. The highest BCUT2D eigenvalue weighted by Gasteiger charge is 2.34. The Labute approximate surface area is 122 Å². The Kier molecular flexibility index (Phi) is 5.18. The van der Waals surface area contributed by atoms with Crippen LogP contribution in [0.1, 0.15) is 39.2 Å². The van der Waals surface area contributed by atoms with Crippen LogP contribution in [0.2, 0.25) is 0 Å². The number of carbonyl (C=O) groups excluding carboxylic acids is 1. The molecule has 3 heteroatoms. The molecule has 2 rings (SSSR count). The van der Waals surface area contributed by atoms with Crippen molar-refractivity contribution in [2.45, 2.75) is 52.2 Å². The summed E-state index contributed by atoms with van der Waals surface area (Å²) in [6, 6.07) is 11.0. The van der Waals surface area contributed by atoms with Crippen LogP contribution in [0.4, 0.5) is 0 Å². The van der Waals surface area contributed by atoms with Crippen LogP contribution in [-0.4, -0.2) is 29.4 Å². The molecule has 1 unspecified atom stereocenters. The smallest absolute Gasteiger partial charge is 0.237 e. The van der Waals surface area contributed by atoms with Crippen molar-refractivity contribution in [2.24, 2.45) is 5.92 Å². The Balaban J connectivity index is 2.02. The van der Waals surface area contributed by atoms with E-state index in [0.29, 0.717) is 24.5 Å². The number of benzene rings is 1. The first-order chi connectivity index (χ1) is 9.58. The molecular weight excluding hydrogens is 248 g/mol. The van der Waals surface area contributed by atoms with E-state index in [4.69, 9.17) is 0 Å². The van der Waals surface area contributed by atoms with Crippen molar-refractivity contribution in [3.63, 3.8) is 0 Å². The van der Waals surface area contributed by atoms with E-state index in [-0.39, 0.29) is 5.91 Å². The molecule has 0 saturated heterocycles. The maximum atomic E-state index is 12.5. The molecule has 1 aliphatic carbocycles. The zero-order valence-corrected chi connectivity index (χ0v) is 12.8. The fourth-order valence-electron chi connectivity index (χ4n) is 2.47. The molecule has 0 heterocycles. The van der Waals surface area contributed by atoms with Gasteiger partial charge in [0.1, 0.15) is 0 Å².